The van der Waals surface area contributed by atoms with Gasteiger partial charge in [-0.15, -0.1) is 0 Å². The van der Waals surface area contributed by atoms with Crippen LogP contribution in [0.2, 0.25) is 0 Å². The number of aromatic nitrogens is 1. The molecule has 0 fully saturated rings. The Labute approximate surface area is 116 Å². The van der Waals surface area contributed by atoms with Crippen LogP contribution in [-0.2, 0) is 6.54 Å². The molecule has 1 heterocycles. The highest BCUT2D eigenvalue weighted by Crippen LogP contribution is 2.24. The summed E-state index contributed by atoms with van der Waals surface area (Å²) in [6, 6.07) is 6.59. The van der Waals surface area contributed by atoms with Gasteiger partial charge in [0.2, 0.25) is 0 Å². The summed E-state index contributed by atoms with van der Waals surface area (Å²) in [6.07, 6.45) is 2.50. The van der Waals surface area contributed by atoms with Gasteiger partial charge in [-0.3, -0.25) is 10.1 Å². The van der Waals surface area contributed by atoms with E-state index in [1.54, 1.807) is 12.3 Å². The molecule has 2 aromatic rings. The van der Waals surface area contributed by atoms with Crippen molar-refractivity contribution < 1.29 is 9.45 Å². The van der Waals surface area contributed by atoms with Gasteiger partial charge < -0.3 is 15.2 Å². The third kappa shape index (κ3) is 3.71. The number of nitro benzene ring substituents is 1. The van der Waals surface area contributed by atoms with Crippen molar-refractivity contribution in [3.8, 4) is 0 Å². The van der Waals surface area contributed by atoms with E-state index in [1.807, 2.05) is 13.0 Å². The van der Waals surface area contributed by atoms with Crippen molar-refractivity contribution >= 4 is 17.1 Å². The lowest BCUT2D eigenvalue weighted by Crippen LogP contribution is -2.03. The van der Waals surface area contributed by atoms with Crippen LogP contribution in [0, 0.1) is 10.1 Å². The van der Waals surface area contributed by atoms with Crippen molar-refractivity contribution in [3.05, 3.63) is 46.3 Å². The van der Waals surface area contributed by atoms with E-state index in [9.17, 15) is 10.1 Å². The molecule has 0 radical (unpaired) electrons. The smallest absolute Gasteiger partial charge is 0.273 e. The third-order valence-electron chi connectivity index (χ3n) is 2.67. The fourth-order valence-corrected chi connectivity index (χ4v) is 1.71. The van der Waals surface area contributed by atoms with E-state index in [-0.39, 0.29) is 5.69 Å². The first-order valence-corrected chi connectivity index (χ1v) is 6.36. The summed E-state index contributed by atoms with van der Waals surface area (Å²) in [5, 5.41) is 20.8. The van der Waals surface area contributed by atoms with Crippen LogP contribution in [0.1, 0.15) is 19.1 Å². The Bertz CT molecular complexity index is 569. The second-order valence-corrected chi connectivity index (χ2v) is 4.28. The molecular formula is C13H16N4O3. The zero-order valence-electron chi connectivity index (χ0n) is 11.1. The Kier molecular flexibility index (Phi) is 4.54. The number of hydrogen-bond acceptors (Lipinski definition) is 6. The molecule has 20 heavy (non-hydrogen) atoms. The standard InChI is InChI=1S/C13H16N4O3/c1-2-4-14-10-6-11(8-12(7-10)17(18)19)15-9-13-3-5-16-20-13/h3,5-8,14-15H,2,4,9H2,1H3. The van der Waals surface area contributed by atoms with Crippen LogP contribution in [0.25, 0.3) is 0 Å². The minimum atomic E-state index is -0.406. The molecule has 2 N–H and O–H groups in total. The van der Waals surface area contributed by atoms with Crippen molar-refractivity contribution in [1.82, 2.24) is 5.16 Å². The molecule has 1 aromatic heterocycles. The van der Waals surface area contributed by atoms with Gasteiger partial charge in [0.15, 0.2) is 5.76 Å². The highest BCUT2D eigenvalue weighted by molar-refractivity contribution is 5.63. The summed E-state index contributed by atoms with van der Waals surface area (Å²) in [5.74, 6) is 0.666. The highest BCUT2D eigenvalue weighted by atomic mass is 16.6. The molecule has 106 valence electrons. The molecule has 0 spiro atoms. The van der Waals surface area contributed by atoms with Crippen LogP contribution in [-0.4, -0.2) is 16.6 Å². The number of non-ortho nitro benzene ring substituents is 1. The number of benzene rings is 1. The number of nitrogens with zero attached hydrogens (tertiary/aromatic N) is 2. The normalized spacial score (nSPS) is 10.2. The number of anilines is 2. The van der Waals surface area contributed by atoms with E-state index in [4.69, 9.17) is 4.52 Å². The maximum atomic E-state index is 10.9. The van der Waals surface area contributed by atoms with Gasteiger partial charge in [0.1, 0.15) is 0 Å². The molecule has 2 rings (SSSR count). The van der Waals surface area contributed by atoms with E-state index in [2.05, 4.69) is 15.8 Å². The molecule has 0 aliphatic rings. The molecular weight excluding hydrogens is 260 g/mol. The Hall–Kier alpha value is -2.57. The third-order valence-corrected chi connectivity index (χ3v) is 2.67. The Morgan fingerprint density at radius 3 is 2.65 bits per heavy atom. The zero-order valence-corrected chi connectivity index (χ0v) is 11.1. The van der Waals surface area contributed by atoms with E-state index in [0.29, 0.717) is 18.0 Å². The molecule has 0 bridgehead atoms. The lowest BCUT2D eigenvalue weighted by atomic mass is 10.2. The molecule has 0 saturated heterocycles. The quantitative estimate of drug-likeness (QED) is 0.596. The molecule has 1 aromatic carbocycles. The van der Waals surface area contributed by atoms with E-state index < -0.39 is 4.92 Å². The predicted molar refractivity (Wildman–Crippen MR) is 75.7 cm³/mol. The molecule has 0 saturated carbocycles. The Balaban J connectivity index is 2.13. The maximum Gasteiger partial charge on any atom is 0.273 e. The van der Waals surface area contributed by atoms with Crippen molar-refractivity contribution in [2.24, 2.45) is 0 Å². The molecule has 7 heteroatoms. The van der Waals surface area contributed by atoms with Gasteiger partial charge in [0, 0.05) is 36.1 Å². The van der Waals surface area contributed by atoms with Gasteiger partial charge >= 0.3 is 0 Å². The lowest BCUT2D eigenvalue weighted by molar-refractivity contribution is -0.384. The average molecular weight is 276 g/mol. The molecule has 0 amide bonds. The van der Waals surface area contributed by atoms with Crippen LogP contribution in [0.5, 0.6) is 0 Å². The van der Waals surface area contributed by atoms with Crippen molar-refractivity contribution in [3.63, 3.8) is 0 Å². The Morgan fingerprint density at radius 1 is 1.30 bits per heavy atom. The van der Waals surface area contributed by atoms with Crippen molar-refractivity contribution in [1.29, 1.82) is 0 Å². The number of nitro groups is 1. The largest absolute Gasteiger partial charge is 0.385 e. The second-order valence-electron chi connectivity index (χ2n) is 4.28. The minimum Gasteiger partial charge on any atom is -0.385 e. The van der Waals surface area contributed by atoms with Crippen molar-refractivity contribution in [2.45, 2.75) is 19.9 Å². The summed E-state index contributed by atoms with van der Waals surface area (Å²) < 4.78 is 4.97. The first-order valence-electron chi connectivity index (χ1n) is 6.36. The minimum absolute atomic E-state index is 0.0474. The SMILES string of the molecule is CCCNc1cc(NCc2ccno2)cc([N+](=O)[O-])c1. The Morgan fingerprint density at radius 2 is 2.05 bits per heavy atom. The summed E-state index contributed by atoms with van der Waals surface area (Å²) in [7, 11) is 0. The summed E-state index contributed by atoms with van der Waals surface area (Å²) >= 11 is 0. The fourth-order valence-electron chi connectivity index (χ4n) is 1.71. The van der Waals surface area contributed by atoms with Gasteiger partial charge in [0.25, 0.3) is 5.69 Å². The lowest BCUT2D eigenvalue weighted by Gasteiger charge is -2.09. The second kappa shape index (κ2) is 6.55. The van der Waals surface area contributed by atoms with Crippen LogP contribution in [0.4, 0.5) is 17.1 Å². The van der Waals surface area contributed by atoms with Gasteiger partial charge in [-0.25, -0.2) is 0 Å². The van der Waals surface area contributed by atoms with Crippen LogP contribution in [0.15, 0.2) is 35.0 Å². The molecule has 0 aliphatic heterocycles. The van der Waals surface area contributed by atoms with E-state index in [0.717, 1.165) is 18.7 Å². The monoisotopic (exact) mass is 276 g/mol. The predicted octanol–water partition coefficient (Wildman–Crippen LogP) is 3.02. The zero-order chi connectivity index (χ0) is 14.4. The number of nitrogens with one attached hydrogen (secondary N) is 2. The van der Waals surface area contributed by atoms with Gasteiger partial charge in [-0.1, -0.05) is 12.1 Å². The van der Waals surface area contributed by atoms with Gasteiger partial charge in [-0.05, 0) is 12.5 Å². The topological polar surface area (TPSA) is 93.2 Å². The van der Waals surface area contributed by atoms with E-state index in [1.165, 1.54) is 12.1 Å². The molecule has 0 atom stereocenters. The molecule has 0 unspecified atom stereocenters. The summed E-state index contributed by atoms with van der Waals surface area (Å²) in [6.45, 7) is 3.23. The van der Waals surface area contributed by atoms with Gasteiger partial charge in [0.05, 0.1) is 17.7 Å². The van der Waals surface area contributed by atoms with Gasteiger partial charge in [-0.2, -0.15) is 0 Å². The molecule has 7 nitrogen and oxygen atoms in total. The first-order chi connectivity index (χ1) is 9.69. The fraction of sp³-hybridized carbons (Fsp3) is 0.308. The maximum absolute atomic E-state index is 10.9. The van der Waals surface area contributed by atoms with Crippen LogP contribution < -0.4 is 10.6 Å². The molecule has 0 aliphatic carbocycles. The average Bonchev–Trinajstić information content (AvgIpc) is 2.96. The highest BCUT2D eigenvalue weighted by Gasteiger charge is 2.10. The van der Waals surface area contributed by atoms with Crippen LogP contribution >= 0.6 is 0 Å². The summed E-state index contributed by atoms with van der Waals surface area (Å²) in [5.41, 5.74) is 1.43. The summed E-state index contributed by atoms with van der Waals surface area (Å²) in [4.78, 5) is 10.5. The number of hydrogen-bond donors (Lipinski definition) is 2. The first kappa shape index (κ1) is 13.9. The van der Waals surface area contributed by atoms with Crippen LogP contribution in [0.3, 0.4) is 0 Å². The number of rotatable bonds is 7. The van der Waals surface area contributed by atoms with Crippen molar-refractivity contribution in [2.75, 3.05) is 17.2 Å². The van der Waals surface area contributed by atoms with E-state index >= 15 is 0 Å².